The molecular weight excluding hydrogens is 270 g/mol. The number of nitrogens with one attached hydrogen (secondary N) is 1. The number of carbonyl (C=O) groups excluding carboxylic acids is 1. The number of benzene rings is 2. The van der Waals surface area contributed by atoms with E-state index in [0.717, 1.165) is 22.4 Å². The molecule has 0 aliphatic carbocycles. The summed E-state index contributed by atoms with van der Waals surface area (Å²) in [7, 11) is 0. The predicted molar refractivity (Wildman–Crippen MR) is 84.5 cm³/mol. The zero-order valence-corrected chi connectivity index (χ0v) is 12.2. The summed E-state index contributed by atoms with van der Waals surface area (Å²) in [5.74, 6) is -0.00679. The standard InChI is InChI=1S/C17H16ClNO/c1-12-3-4-13(2)16(11-12)17(20)9-10-19-15-7-5-14(18)6-8-15/h3-11,19H,1-2H3. The fraction of sp³-hybridized carbons (Fsp3) is 0.118. The van der Waals surface area contributed by atoms with Gasteiger partial charge < -0.3 is 5.32 Å². The summed E-state index contributed by atoms with van der Waals surface area (Å²) < 4.78 is 0. The van der Waals surface area contributed by atoms with Crippen molar-refractivity contribution in [2.45, 2.75) is 13.8 Å². The molecule has 0 atom stereocenters. The molecule has 0 heterocycles. The summed E-state index contributed by atoms with van der Waals surface area (Å²) in [6.07, 6.45) is 3.18. The predicted octanol–water partition coefficient (Wildman–Crippen LogP) is 4.77. The van der Waals surface area contributed by atoms with E-state index in [4.69, 9.17) is 11.6 Å². The van der Waals surface area contributed by atoms with Crippen molar-refractivity contribution < 1.29 is 4.79 Å². The third kappa shape index (κ3) is 3.72. The van der Waals surface area contributed by atoms with Crippen LogP contribution in [0.25, 0.3) is 0 Å². The van der Waals surface area contributed by atoms with Gasteiger partial charge in [-0.3, -0.25) is 4.79 Å². The first-order valence-corrected chi connectivity index (χ1v) is 6.74. The van der Waals surface area contributed by atoms with Crippen molar-refractivity contribution in [1.29, 1.82) is 0 Å². The number of halogens is 1. The Kier molecular flexibility index (Phi) is 4.59. The number of aryl methyl sites for hydroxylation is 2. The molecule has 0 aromatic heterocycles. The summed E-state index contributed by atoms with van der Waals surface area (Å²) in [6.45, 7) is 3.92. The Morgan fingerprint density at radius 3 is 2.50 bits per heavy atom. The molecule has 3 heteroatoms. The van der Waals surface area contributed by atoms with Crippen LogP contribution in [0, 0.1) is 13.8 Å². The molecule has 0 fully saturated rings. The molecule has 2 nitrogen and oxygen atoms in total. The third-order valence-corrected chi connectivity index (χ3v) is 3.24. The molecule has 0 aliphatic heterocycles. The molecule has 0 unspecified atom stereocenters. The Balaban J connectivity index is 2.05. The molecule has 1 N–H and O–H groups in total. The number of carbonyl (C=O) groups is 1. The molecule has 20 heavy (non-hydrogen) atoms. The Hall–Kier alpha value is -2.06. The van der Waals surface area contributed by atoms with E-state index < -0.39 is 0 Å². The minimum absolute atomic E-state index is 0.00679. The quantitative estimate of drug-likeness (QED) is 0.648. The normalized spacial score (nSPS) is 10.8. The van der Waals surface area contributed by atoms with Gasteiger partial charge in [0.2, 0.25) is 0 Å². The van der Waals surface area contributed by atoms with Gasteiger partial charge in [-0.1, -0.05) is 29.3 Å². The van der Waals surface area contributed by atoms with Crippen LogP contribution < -0.4 is 5.32 Å². The van der Waals surface area contributed by atoms with Crippen LogP contribution in [0.2, 0.25) is 5.02 Å². The molecular formula is C17H16ClNO. The van der Waals surface area contributed by atoms with Gasteiger partial charge in [0.15, 0.2) is 5.78 Å². The van der Waals surface area contributed by atoms with Crippen LogP contribution in [0.1, 0.15) is 21.5 Å². The lowest BCUT2D eigenvalue weighted by Gasteiger charge is -2.04. The van der Waals surface area contributed by atoms with Gasteiger partial charge in [0, 0.05) is 28.5 Å². The SMILES string of the molecule is Cc1ccc(C)c(C(=O)C=CNc2ccc(Cl)cc2)c1. The van der Waals surface area contributed by atoms with Gasteiger partial charge in [-0.25, -0.2) is 0 Å². The highest BCUT2D eigenvalue weighted by Gasteiger charge is 2.05. The average molecular weight is 286 g/mol. The first kappa shape index (κ1) is 14.4. The second-order valence-corrected chi connectivity index (χ2v) is 5.10. The van der Waals surface area contributed by atoms with Crippen molar-refractivity contribution in [2.24, 2.45) is 0 Å². The van der Waals surface area contributed by atoms with Crippen molar-refractivity contribution in [3.8, 4) is 0 Å². The molecule has 0 saturated heterocycles. The first-order chi connectivity index (χ1) is 9.56. The van der Waals surface area contributed by atoms with Gasteiger partial charge in [0.05, 0.1) is 0 Å². The third-order valence-electron chi connectivity index (χ3n) is 2.99. The molecule has 102 valence electrons. The molecule has 0 radical (unpaired) electrons. The number of hydrogen-bond acceptors (Lipinski definition) is 2. The number of ketones is 1. The average Bonchev–Trinajstić information content (AvgIpc) is 2.43. The Morgan fingerprint density at radius 2 is 1.80 bits per heavy atom. The molecule has 2 aromatic carbocycles. The molecule has 0 aliphatic rings. The van der Waals surface area contributed by atoms with Crippen molar-refractivity contribution >= 4 is 23.1 Å². The van der Waals surface area contributed by atoms with E-state index in [1.165, 1.54) is 6.08 Å². The van der Waals surface area contributed by atoms with Crippen LogP contribution in [0.3, 0.4) is 0 Å². The Bertz CT molecular complexity index is 645. The molecule has 0 spiro atoms. The minimum Gasteiger partial charge on any atom is -0.362 e. The van der Waals surface area contributed by atoms with E-state index in [0.29, 0.717) is 5.02 Å². The van der Waals surface area contributed by atoms with E-state index in [9.17, 15) is 4.79 Å². The highest BCUT2D eigenvalue weighted by molar-refractivity contribution is 6.30. The van der Waals surface area contributed by atoms with E-state index in [1.54, 1.807) is 18.3 Å². The second kappa shape index (κ2) is 6.40. The van der Waals surface area contributed by atoms with Gasteiger partial charge in [0.25, 0.3) is 0 Å². The summed E-state index contributed by atoms with van der Waals surface area (Å²) in [4.78, 5) is 12.1. The largest absolute Gasteiger partial charge is 0.362 e. The Morgan fingerprint density at radius 1 is 1.10 bits per heavy atom. The minimum atomic E-state index is -0.00679. The summed E-state index contributed by atoms with van der Waals surface area (Å²) in [5.41, 5.74) is 3.69. The van der Waals surface area contributed by atoms with Crippen LogP contribution >= 0.6 is 11.6 Å². The maximum atomic E-state index is 12.1. The Labute approximate surface area is 124 Å². The van der Waals surface area contributed by atoms with Crippen LogP contribution in [0.5, 0.6) is 0 Å². The molecule has 2 aromatic rings. The molecule has 0 saturated carbocycles. The van der Waals surface area contributed by atoms with Gasteiger partial charge in [0.1, 0.15) is 0 Å². The van der Waals surface area contributed by atoms with Crippen LogP contribution in [0.4, 0.5) is 5.69 Å². The van der Waals surface area contributed by atoms with Gasteiger partial charge in [-0.05, 0) is 49.7 Å². The van der Waals surface area contributed by atoms with Gasteiger partial charge in [-0.15, -0.1) is 0 Å². The van der Waals surface area contributed by atoms with E-state index in [2.05, 4.69) is 5.32 Å². The van der Waals surface area contributed by atoms with Crippen LogP contribution in [-0.4, -0.2) is 5.78 Å². The van der Waals surface area contributed by atoms with E-state index in [-0.39, 0.29) is 5.78 Å². The van der Waals surface area contributed by atoms with Crippen LogP contribution in [0.15, 0.2) is 54.7 Å². The van der Waals surface area contributed by atoms with Crippen molar-refractivity contribution in [2.75, 3.05) is 5.32 Å². The molecule has 0 amide bonds. The number of anilines is 1. The van der Waals surface area contributed by atoms with Crippen molar-refractivity contribution in [3.05, 3.63) is 76.5 Å². The van der Waals surface area contributed by atoms with E-state index >= 15 is 0 Å². The smallest absolute Gasteiger partial charge is 0.187 e. The number of allylic oxidation sites excluding steroid dienone is 1. The lowest BCUT2D eigenvalue weighted by atomic mass is 10.0. The number of rotatable bonds is 4. The summed E-state index contributed by atoms with van der Waals surface area (Å²) in [6, 6.07) is 13.2. The van der Waals surface area contributed by atoms with Gasteiger partial charge in [-0.2, -0.15) is 0 Å². The maximum absolute atomic E-state index is 12.1. The zero-order chi connectivity index (χ0) is 14.5. The fourth-order valence-corrected chi connectivity index (χ4v) is 1.98. The highest BCUT2D eigenvalue weighted by atomic mass is 35.5. The number of hydrogen-bond donors (Lipinski definition) is 1. The highest BCUT2D eigenvalue weighted by Crippen LogP contribution is 2.14. The monoisotopic (exact) mass is 285 g/mol. The maximum Gasteiger partial charge on any atom is 0.187 e. The lowest BCUT2D eigenvalue weighted by Crippen LogP contribution is -1.99. The summed E-state index contributed by atoms with van der Waals surface area (Å²) >= 11 is 5.81. The lowest BCUT2D eigenvalue weighted by molar-refractivity contribution is 0.104. The van der Waals surface area contributed by atoms with Crippen molar-refractivity contribution in [1.82, 2.24) is 0 Å². The summed E-state index contributed by atoms with van der Waals surface area (Å²) in [5, 5.41) is 3.73. The second-order valence-electron chi connectivity index (χ2n) is 4.67. The first-order valence-electron chi connectivity index (χ1n) is 6.36. The topological polar surface area (TPSA) is 29.1 Å². The van der Waals surface area contributed by atoms with Gasteiger partial charge >= 0.3 is 0 Å². The zero-order valence-electron chi connectivity index (χ0n) is 11.5. The van der Waals surface area contributed by atoms with Crippen LogP contribution in [-0.2, 0) is 0 Å². The molecule has 2 rings (SSSR count). The molecule has 0 bridgehead atoms. The van der Waals surface area contributed by atoms with E-state index in [1.807, 2.05) is 44.2 Å². The van der Waals surface area contributed by atoms with Crippen molar-refractivity contribution in [3.63, 3.8) is 0 Å². The fourth-order valence-electron chi connectivity index (χ4n) is 1.85.